The molecule has 6 heteroatoms. The van der Waals surface area contributed by atoms with E-state index < -0.39 is 11.9 Å². The molecule has 1 saturated heterocycles. The maximum absolute atomic E-state index is 12.0. The van der Waals surface area contributed by atoms with Gasteiger partial charge in [0.25, 0.3) is 0 Å². The topological polar surface area (TPSA) is 76.1 Å². The Labute approximate surface area is 107 Å². The highest BCUT2D eigenvalue weighted by Gasteiger charge is 2.39. The molecule has 1 heterocycles. The zero-order chi connectivity index (χ0) is 13.5. The first kappa shape index (κ1) is 14.9. The van der Waals surface area contributed by atoms with Gasteiger partial charge < -0.3 is 19.5 Å². The number of hydrogen-bond donors (Lipinski definition) is 1. The zero-order valence-corrected chi connectivity index (χ0v) is 10.9. The zero-order valence-electron chi connectivity index (χ0n) is 10.9. The van der Waals surface area contributed by atoms with E-state index in [1.54, 1.807) is 12.0 Å². The predicted octanol–water partition coefficient (Wildman–Crippen LogP) is 0.361. The van der Waals surface area contributed by atoms with Crippen molar-refractivity contribution in [3.8, 4) is 0 Å². The summed E-state index contributed by atoms with van der Waals surface area (Å²) in [6.07, 6.45) is 1.03. The molecule has 0 aromatic heterocycles. The second kappa shape index (κ2) is 7.33. The largest absolute Gasteiger partial charge is 0.481 e. The van der Waals surface area contributed by atoms with Gasteiger partial charge in [-0.1, -0.05) is 0 Å². The van der Waals surface area contributed by atoms with Gasteiger partial charge in [0.15, 0.2) is 0 Å². The van der Waals surface area contributed by atoms with Crippen molar-refractivity contribution >= 4 is 11.9 Å². The lowest BCUT2D eigenvalue weighted by atomic mass is 10.0. The van der Waals surface area contributed by atoms with Crippen molar-refractivity contribution in [2.24, 2.45) is 5.92 Å². The smallest absolute Gasteiger partial charge is 0.311 e. The molecular formula is C12H21NO5. The van der Waals surface area contributed by atoms with Crippen molar-refractivity contribution in [3.63, 3.8) is 0 Å². The SMILES string of the molecule is CCN(C(=O)CCCOC)C1COCC1C(=O)O. The molecule has 0 aromatic rings. The molecular weight excluding hydrogens is 238 g/mol. The van der Waals surface area contributed by atoms with E-state index >= 15 is 0 Å². The molecule has 18 heavy (non-hydrogen) atoms. The fourth-order valence-electron chi connectivity index (χ4n) is 2.19. The van der Waals surface area contributed by atoms with Crippen LogP contribution < -0.4 is 0 Å². The van der Waals surface area contributed by atoms with Crippen LogP contribution in [0.1, 0.15) is 19.8 Å². The normalized spacial score (nSPS) is 23.0. The molecule has 0 radical (unpaired) electrons. The summed E-state index contributed by atoms with van der Waals surface area (Å²) in [7, 11) is 1.59. The summed E-state index contributed by atoms with van der Waals surface area (Å²) in [4.78, 5) is 24.7. The van der Waals surface area contributed by atoms with Gasteiger partial charge in [-0.15, -0.1) is 0 Å². The molecule has 0 spiro atoms. The Morgan fingerprint density at radius 3 is 2.72 bits per heavy atom. The van der Waals surface area contributed by atoms with Gasteiger partial charge >= 0.3 is 5.97 Å². The molecule has 0 aromatic carbocycles. The van der Waals surface area contributed by atoms with Gasteiger partial charge in [-0.25, -0.2) is 0 Å². The first-order chi connectivity index (χ1) is 8.61. The summed E-state index contributed by atoms with van der Waals surface area (Å²) in [5.74, 6) is -1.55. The van der Waals surface area contributed by atoms with E-state index in [1.165, 1.54) is 0 Å². The number of likely N-dealkylation sites (N-methyl/N-ethyl adjacent to an activating group) is 1. The van der Waals surface area contributed by atoms with Crippen LogP contribution in [0.15, 0.2) is 0 Å². The summed E-state index contributed by atoms with van der Waals surface area (Å²) in [6.45, 7) is 3.38. The molecule has 1 N–H and O–H groups in total. The van der Waals surface area contributed by atoms with Crippen molar-refractivity contribution in [2.45, 2.75) is 25.8 Å². The van der Waals surface area contributed by atoms with Crippen LogP contribution >= 0.6 is 0 Å². The van der Waals surface area contributed by atoms with Gasteiger partial charge in [-0.2, -0.15) is 0 Å². The van der Waals surface area contributed by atoms with Crippen LogP contribution in [-0.4, -0.2) is 61.4 Å². The molecule has 0 bridgehead atoms. The standard InChI is InChI=1S/C12H21NO5/c1-3-13(11(14)5-4-6-17-2)10-8-18-7-9(10)12(15)16/h9-10H,3-8H2,1-2H3,(H,15,16). The van der Waals surface area contributed by atoms with Gasteiger partial charge in [0, 0.05) is 26.7 Å². The minimum absolute atomic E-state index is 0.0312. The first-order valence-corrected chi connectivity index (χ1v) is 6.20. The number of rotatable bonds is 7. The molecule has 1 fully saturated rings. The van der Waals surface area contributed by atoms with Crippen molar-refractivity contribution in [1.29, 1.82) is 0 Å². The molecule has 1 amide bonds. The Kier molecular flexibility index (Phi) is 6.07. The molecule has 1 rings (SSSR count). The summed E-state index contributed by atoms with van der Waals surface area (Å²) in [6, 6.07) is -0.345. The van der Waals surface area contributed by atoms with Crippen LogP contribution in [0, 0.1) is 5.92 Å². The highest BCUT2D eigenvalue weighted by molar-refractivity contribution is 5.78. The average Bonchev–Trinajstić information content (AvgIpc) is 2.79. The van der Waals surface area contributed by atoms with Crippen molar-refractivity contribution < 1.29 is 24.2 Å². The van der Waals surface area contributed by atoms with Crippen LogP contribution in [0.2, 0.25) is 0 Å². The third-order valence-corrected chi connectivity index (χ3v) is 3.17. The number of carboxylic acids is 1. The number of nitrogens with zero attached hydrogens (tertiary/aromatic N) is 1. The highest BCUT2D eigenvalue weighted by atomic mass is 16.5. The minimum Gasteiger partial charge on any atom is -0.481 e. The number of methoxy groups -OCH3 is 1. The maximum Gasteiger partial charge on any atom is 0.311 e. The van der Waals surface area contributed by atoms with E-state index in [9.17, 15) is 9.59 Å². The lowest BCUT2D eigenvalue weighted by Crippen LogP contribution is -2.46. The Hall–Kier alpha value is -1.14. The van der Waals surface area contributed by atoms with E-state index in [-0.39, 0.29) is 18.6 Å². The maximum atomic E-state index is 12.0. The first-order valence-electron chi connectivity index (χ1n) is 6.20. The summed E-state index contributed by atoms with van der Waals surface area (Å²) in [5.41, 5.74) is 0. The molecule has 2 unspecified atom stereocenters. The number of amides is 1. The number of hydrogen-bond acceptors (Lipinski definition) is 4. The van der Waals surface area contributed by atoms with E-state index in [0.717, 1.165) is 0 Å². The minimum atomic E-state index is -0.902. The molecule has 104 valence electrons. The highest BCUT2D eigenvalue weighted by Crippen LogP contribution is 2.21. The van der Waals surface area contributed by atoms with Crippen LogP contribution in [0.3, 0.4) is 0 Å². The van der Waals surface area contributed by atoms with Gasteiger partial charge in [0.2, 0.25) is 5.91 Å². The Morgan fingerprint density at radius 2 is 2.17 bits per heavy atom. The monoisotopic (exact) mass is 259 g/mol. The predicted molar refractivity (Wildman–Crippen MR) is 64.2 cm³/mol. The third-order valence-electron chi connectivity index (χ3n) is 3.17. The number of carbonyl (C=O) groups is 2. The number of carboxylic acid groups (broad SMARTS) is 1. The number of aliphatic carboxylic acids is 1. The van der Waals surface area contributed by atoms with Gasteiger partial charge in [0.05, 0.1) is 19.3 Å². The van der Waals surface area contributed by atoms with Gasteiger partial charge in [0.1, 0.15) is 5.92 Å². The number of carbonyl (C=O) groups excluding carboxylic acids is 1. The van der Waals surface area contributed by atoms with Crippen molar-refractivity contribution in [2.75, 3.05) is 33.5 Å². The summed E-state index contributed by atoms with van der Waals surface area (Å²) in [5, 5.41) is 9.09. The van der Waals surface area contributed by atoms with E-state index in [0.29, 0.717) is 32.6 Å². The molecule has 1 aliphatic heterocycles. The fraction of sp³-hybridized carbons (Fsp3) is 0.833. The molecule has 0 saturated carbocycles. The molecule has 0 aliphatic carbocycles. The lowest BCUT2D eigenvalue weighted by Gasteiger charge is -2.29. The molecule has 6 nitrogen and oxygen atoms in total. The third kappa shape index (κ3) is 3.68. The quantitative estimate of drug-likeness (QED) is 0.668. The Morgan fingerprint density at radius 1 is 1.44 bits per heavy atom. The average molecular weight is 259 g/mol. The summed E-state index contributed by atoms with van der Waals surface area (Å²) < 4.78 is 10.1. The molecule has 2 atom stereocenters. The fourth-order valence-corrected chi connectivity index (χ4v) is 2.19. The van der Waals surface area contributed by atoms with E-state index in [4.69, 9.17) is 14.6 Å². The lowest BCUT2D eigenvalue weighted by molar-refractivity contribution is -0.145. The van der Waals surface area contributed by atoms with Crippen LogP contribution in [0.25, 0.3) is 0 Å². The van der Waals surface area contributed by atoms with Crippen LogP contribution in [0.4, 0.5) is 0 Å². The summed E-state index contributed by atoms with van der Waals surface area (Å²) >= 11 is 0. The van der Waals surface area contributed by atoms with Gasteiger partial charge in [-0.05, 0) is 13.3 Å². The second-order valence-corrected chi connectivity index (χ2v) is 4.33. The van der Waals surface area contributed by atoms with Crippen molar-refractivity contribution in [3.05, 3.63) is 0 Å². The van der Waals surface area contributed by atoms with Crippen LogP contribution in [-0.2, 0) is 19.1 Å². The van der Waals surface area contributed by atoms with Gasteiger partial charge in [-0.3, -0.25) is 9.59 Å². The van der Waals surface area contributed by atoms with Crippen LogP contribution in [0.5, 0.6) is 0 Å². The Bertz CT molecular complexity index is 294. The number of ether oxygens (including phenoxy) is 2. The molecule has 1 aliphatic rings. The Balaban J connectivity index is 2.58. The second-order valence-electron chi connectivity index (χ2n) is 4.33. The van der Waals surface area contributed by atoms with E-state index in [1.807, 2.05) is 6.92 Å². The van der Waals surface area contributed by atoms with Crippen molar-refractivity contribution in [1.82, 2.24) is 4.90 Å². The van der Waals surface area contributed by atoms with E-state index in [2.05, 4.69) is 0 Å².